The summed E-state index contributed by atoms with van der Waals surface area (Å²) in [6.45, 7) is 7.11. The first-order chi connectivity index (χ1) is 14.2. The number of nitrogens with two attached hydrogens (primary N) is 1. The Kier molecular flexibility index (Phi) is 8.39. The molecule has 0 spiro atoms. The average molecular weight is 520 g/mol. The van der Waals surface area contributed by atoms with Gasteiger partial charge in [0.1, 0.15) is 5.75 Å². The van der Waals surface area contributed by atoms with Crippen LogP contribution in [0.1, 0.15) is 48.9 Å². The van der Waals surface area contributed by atoms with Crippen molar-refractivity contribution < 1.29 is 4.74 Å². The molecule has 1 saturated heterocycles. The molecule has 2 aromatic rings. The van der Waals surface area contributed by atoms with Crippen LogP contribution >= 0.6 is 24.0 Å². The molecule has 4 rings (SSSR count). The highest BCUT2D eigenvalue weighted by Crippen LogP contribution is 2.31. The summed E-state index contributed by atoms with van der Waals surface area (Å²) in [5.41, 5.74) is 9.86. The number of nitrogens with zero attached hydrogens (tertiary/aromatic N) is 2. The molecule has 0 aromatic heterocycles. The number of likely N-dealkylation sites (tertiary alicyclic amines) is 1. The Balaban J connectivity index is 0.00000256. The van der Waals surface area contributed by atoms with Crippen LogP contribution in [-0.4, -0.2) is 30.6 Å². The molecule has 0 saturated carbocycles. The van der Waals surface area contributed by atoms with Crippen LogP contribution < -0.4 is 15.8 Å². The smallest absolute Gasteiger partial charge is 0.189 e. The zero-order valence-electron chi connectivity index (χ0n) is 17.7. The first kappa shape index (κ1) is 22.9. The number of rotatable bonds is 5. The van der Waals surface area contributed by atoms with Crippen molar-refractivity contribution in [2.45, 2.75) is 45.3 Å². The molecule has 6 heteroatoms. The van der Waals surface area contributed by atoms with Gasteiger partial charge < -0.3 is 15.8 Å². The second kappa shape index (κ2) is 11.0. The molecule has 5 nitrogen and oxygen atoms in total. The number of guanidine groups is 1. The maximum Gasteiger partial charge on any atom is 0.189 e. The summed E-state index contributed by atoms with van der Waals surface area (Å²) in [5.74, 6) is 2.29. The second-order valence-corrected chi connectivity index (χ2v) is 8.35. The number of benzene rings is 2. The van der Waals surface area contributed by atoms with Gasteiger partial charge in [-0.3, -0.25) is 4.90 Å². The second-order valence-electron chi connectivity index (χ2n) is 8.35. The van der Waals surface area contributed by atoms with E-state index < -0.39 is 0 Å². The molecule has 2 aliphatic heterocycles. The normalized spacial score (nSPS) is 20.0. The topological polar surface area (TPSA) is 62.9 Å². The Bertz CT molecular complexity index is 831. The summed E-state index contributed by atoms with van der Waals surface area (Å²) in [5, 5.41) is 3.36. The first-order valence-corrected chi connectivity index (χ1v) is 10.8. The van der Waals surface area contributed by atoms with Gasteiger partial charge in [-0.2, -0.15) is 0 Å². The molecular formula is C24H33IN4O. The SMILES string of the molecule is CC1CCN(Cc2ccc(CN=C(N)NC3CCOc4ccccc43)cc2)CC1.I. The summed E-state index contributed by atoms with van der Waals surface area (Å²) in [6, 6.07) is 17.0. The molecule has 2 aromatic carbocycles. The molecule has 30 heavy (non-hydrogen) atoms. The zero-order chi connectivity index (χ0) is 20.1. The Hall–Kier alpha value is -1.80. The van der Waals surface area contributed by atoms with Crippen LogP contribution in [0.25, 0.3) is 0 Å². The molecule has 2 heterocycles. The summed E-state index contributed by atoms with van der Waals surface area (Å²) in [6.07, 6.45) is 3.52. The lowest BCUT2D eigenvalue weighted by molar-refractivity contribution is 0.185. The van der Waals surface area contributed by atoms with Crippen molar-refractivity contribution >= 4 is 29.9 Å². The fourth-order valence-electron chi connectivity index (χ4n) is 4.12. The van der Waals surface area contributed by atoms with Gasteiger partial charge in [-0.1, -0.05) is 49.4 Å². The summed E-state index contributed by atoms with van der Waals surface area (Å²) in [4.78, 5) is 7.10. The van der Waals surface area contributed by atoms with Gasteiger partial charge >= 0.3 is 0 Å². The van der Waals surface area contributed by atoms with Gasteiger partial charge in [-0.25, -0.2) is 4.99 Å². The van der Waals surface area contributed by atoms with Crippen LogP contribution in [-0.2, 0) is 13.1 Å². The number of piperidine rings is 1. The molecule has 0 bridgehead atoms. The number of para-hydroxylation sites is 1. The van der Waals surface area contributed by atoms with E-state index in [-0.39, 0.29) is 30.0 Å². The molecule has 0 aliphatic carbocycles. The van der Waals surface area contributed by atoms with E-state index in [9.17, 15) is 0 Å². The number of fused-ring (bicyclic) bond motifs is 1. The zero-order valence-corrected chi connectivity index (χ0v) is 20.0. The quantitative estimate of drug-likeness (QED) is 0.347. The Labute approximate surface area is 197 Å². The van der Waals surface area contributed by atoms with Crippen LogP contribution in [0.2, 0.25) is 0 Å². The van der Waals surface area contributed by atoms with Crippen molar-refractivity contribution in [1.29, 1.82) is 0 Å². The number of nitrogens with one attached hydrogen (secondary N) is 1. The van der Waals surface area contributed by atoms with Crippen molar-refractivity contribution in [2.24, 2.45) is 16.6 Å². The first-order valence-electron chi connectivity index (χ1n) is 10.8. The van der Waals surface area contributed by atoms with Crippen molar-refractivity contribution in [2.75, 3.05) is 19.7 Å². The molecule has 1 fully saturated rings. The number of hydrogen-bond donors (Lipinski definition) is 2. The van der Waals surface area contributed by atoms with Crippen LogP contribution in [0.3, 0.4) is 0 Å². The minimum absolute atomic E-state index is 0. The molecule has 162 valence electrons. The molecule has 0 amide bonds. The molecule has 1 unspecified atom stereocenters. The van der Waals surface area contributed by atoms with Gasteiger partial charge in [0.15, 0.2) is 5.96 Å². The average Bonchev–Trinajstić information content (AvgIpc) is 2.75. The van der Waals surface area contributed by atoms with Gasteiger partial charge in [0.05, 0.1) is 19.2 Å². The minimum Gasteiger partial charge on any atom is -0.493 e. The standard InChI is InChI=1S/C24H32N4O.HI/c1-18-10-13-28(14-11-18)17-20-8-6-19(7-9-20)16-26-24(25)27-22-12-15-29-23-5-3-2-4-21(22)23;/h2-9,18,22H,10-17H2,1H3,(H3,25,26,27);1H. The lowest BCUT2D eigenvalue weighted by atomic mass is 9.99. The number of ether oxygens (including phenoxy) is 1. The van der Waals surface area contributed by atoms with E-state index in [4.69, 9.17) is 10.5 Å². The van der Waals surface area contributed by atoms with E-state index in [1.165, 1.54) is 37.1 Å². The maximum atomic E-state index is 6.17. The number of halogens is 1. The van der Waals surface area contributed by atoms with Gasteiger partial charge in [0.25, 0.3) is 0 Å². The molecule has 3 N–H and O–H groups in total. The van der Waals surface area contributed by atoms with E-state index in [0.717, 1.165) is 30.2 Å². The highest BCUT2D eigenvalue weighted by Gasteiger charge is 2.21. The molecule has 1 atom stereocenters. The lowest BCUT2D eigenvalue weighted by Gasteiger charge is -2.30. The van der Waals surface area contributed by atoms with Crippen molar-refractivity contribution in [3.8, 4) is 5.75 Å². The number of aliphatic imine (C=N–C) groups is 1. The van der Waals surface area contributed by atoms with E-state index >= 15 is 0 Å². The summed E-state index contributed by atoms with van der Waals surface area (Å²) < 4.78 is 5.71. The molecular weight excluding hydrogens is 487 g/mol. The summed E-state index contributed by atoms with van der Waals surface area (Å²) in [7, 11) is 0. The van der Waals surface area contributed by atoms with E-state index in [0.29, 0.717) is 19.1 Å². The Morgan fingerprint density at radius 2 is 1.77 bits per heavy atom. The van der Waals surface area contributed by atoms with Crippen molar-refractivity contribution in [1.82, 2.24) is 10.2 Å². The van der Waals surface area contributed by atoms with Gasteiger partial charge in [-0.05, 0) is 49.0 Å². The van der Waals surface area contributed by atoms with Gasteiger partial charge in [0, 0.05) is 18.5 Å². The van der Waals surface area contributed by atoms with Crippen LogP contribution in [0.5, 0.6) is 5.75 Å². The lowest BCUT2D eigenvalue weighted by Crippen LogP contribution is -2.37. The van der Waals surface area contributed by atoms with Crippen LogP contribution in [0.4, 0.5) is 0 Å². The minimum atomic E-state index is 0. The maximum absolute atomic E-state index is 6.17. The molecule has 0 radical (unpaired) electrons. The third-order valence-corrected chi connectivity index (χ3v) is 6.02. The van der Waals surface area contributed by atoms with Crippen LogP contribution in [0.15, 0.2) is 53.5 Å². The van der Waals surface area contributed by atoms with Crippen molar-refractivity contribution in [3.05, 3.63) is 65.2 Å². The fraction of sp³-hybridized carbons (Fsp3) is 0.458. The fourth-order valence-corrected chi connectivity index (χ4v) is 4.12. The predicted octanol–water partition coefficient (Wildman–Crippen LogP) is 4.46. The van der Waals surface area contributed by atoms with Gasteiger partial charge in [0.2, 0.25) is 0 Å². The van der Waals surface area contributed by atoms with E-state index in [1.807, 2.05) is 18.2 Å². The third kappa shape index (κ3) is 6.11. The van der Waals surface area contributed by atoms with Gasteiger partial charge in [-0.15, -0.1) is 24.0 Å². The highest BCUT2D eigenvalue weighted by atomic mass is 127. The highest BCUT2D eigenvalue weighted by molar-refractivity contribution is 14.0. The van der Waals surface area contributed by atoms with E-state index in [2.05, 4.69) is 52.5 Å². The van der Waals surface area contributed by atoms with E-state index in [1.54, 1.807) is 0 Å². The third-order valence-electron chi connectivity index (χ3n) is 6.02. The molecule has 2 aliphatic rings. The predicted molar refractivity (Wildman–Crippen MR) is 133 cm³/mol. The van der Waals surface area contributed by atoms with Crippen molar-refractivity contribution in [3.63, 3.8) is 0 Å². The Morgan fingerprint density at radius 3 is 2.53 bits per heavy atom. The number of hydrogen-bond acceptors (Lipinski definition) is 3. The van der Waals surface area contributed by atoms with Crippen LogP contribution in [0, 0.1) is 5.92 Å². The Morgan fingerprint density at radius 1 is 1.07 bits per heavy atom. The summed E-state index contributed by atoms with van der Waals surface area (Å²) >= 11 is 0. The largest absolute Gasteiger partial charge is 0.493 e. The monoisotopic (exact) mass is 520 g/mol.